The number of hydrogen-bond donors (Lipinski definition) is 2. The van der Waals surface area contributed by atoms with Crippen LogP contribution in [0.4, 0.5) is 0 Å². The number of carboxylic acid groups (broad SMARTS) is 1. The predicted octanol–water partition coefficient (Wildman–Crippen LogP) is 1.36. The lowest BCUT2D eigenvalue weighted by atomic mass is 10.1. The first kappa shape index (κ1) is 13.3. The molecule has 1 atom stereocenters. The predicted molar refractivity (Wildman–Crippen MR) is 75.1 cm³/mol. The summed E-state index contributed by atoms with van der Waals surface area (Å²) in [4.78, 5) is 10.9. The van der Waals surface area contributed by atoms with Crippen LogP contribution in [0, 0.1) is 0 Å². The van der Waals surface area contributed by atoms with Crippen molar-refractivity contribution in [2.24, 2.45) is 0 Å². The van der Waals surface area contributed by atoms with Gasteiger partial charge in [0.15, 0.2) is 0 Å². The molecule has 3 rings (SSSR count). The fourth-order valence-corrected chi connectivity index (χ4v) is 2.33. The van der Waals surface area contributed by atoms with Crippen LogP contribution in [0.2, 0.25) is 0 Å². The Labute approximate surface area is 120 Å². The quantitative estimate of drug-likeness (QED) is 0.755. The van der Waals surface area contributed by atoms with Crippen molar-refractivity contribution in [2.75, 3.05) is 0 Å². The molecule has 0 saturated carbocycles. The van der Waals surface area contributed by atoms with Gasteiger partial charge in [0.05, 0.1) is 23.5 Å². The van der Waals surface area contributed by atoms with Crippen molar-refractivity contribution in [3.63, 3.8) is 0 Å². The topological polar surface area (TPSA) is 93.2 Å². The number of benzene rings is 1. The summed E-state index contributed by atoms with van der Waals surface area (Å²) in [5, 5.41) is 27.9. The molecule has 1 aromatic carbocycles. The average Bonchev–Trinajstić information content (AvgIpc) is 3.06. The Morgan fingerprint density at radius 3 is 2.81 bits per heavy atom. The van der Waals surface area contributed by atoms with Gasteiger partial charge in [0.2, 0.25) is 0 Å². The molecule has 3 aromatic rings. The molecular formula is C14H14N4O3. The minimum atomic E-state index is -0.963. The Morgan fingerprint density at radius 1 is 1.38 bits per heavy atom. The molecule has 7 nitrogen and oxygen atoms in total. The van der Waals surface area contributed by atoms with E-state index in [1.54, 1.807) is 42.3 Å². The van der Waals surface area contributed by atoms with Crippen LogP contribution in [-0.2, 0) is 11.3 Å². The summed E-state index contributed by atoms with van der Waals surface area (Å²) in [5.74, 6) is -0.963. The summed E-state index contributed by atoms with van der Waals surface area (Å²) < 4.78 is 3.06. The zero-order chi connectivity index (χ0) is 15.0. The lowest BCUT2D eigenvalue weighted by Gasteiger charge is -2.13. The zero-order valence-electron chi connectivity index (χ0n) is 11.3. The number of aliphatic carboxylic acids is 1. The van der Waals surface area contributed by atoms with Gasteiger partial charge < -0.3 is 10.2 Å². The van der Waals surface area contributed by atoms with Gasteiger partial charge in [0.25, 0.3) is 0 Å². The number of carboxylic acids is 1. The van der Waals surface area contributed by atoms with Crippen molar-refractivity contribution >= 4 is 16.9 Å². The van der Waals surface area contributed by atoms with Gasteiger partial charge >= 0.3 is 5.97 Å². The smallest absolute Gasteiger partial charge is 0.325 e. The highest BCUT2D eigenvalue weighted by molar-refractivity contribution is 5.83. The van der Waals surface area contributed by atoms with Crippen LogP contribution >= 0.6 is 0 Å². The van der Waals surface area contributed by atoms with E-state index in [2.05, 4.69) is 10.2 Å². The number of carbonyl (C=O) groups is 1. The molecule has 0 aliphatic heterocycles. The van der Waals surface area contributed by atoms with Gasteiger partial charge in [0.1, 0.15) is 6.54 Å². The Kier molecular flexibility index (Phi) is 3.19. The maximum absolute atomic E-state index is 10.9. The maximum atomic E-state index is 10.9. The first-order chi connectivity index (χ1) is 10.1. The molecule has 0 saturated heterocycles. The third-order valence-corrected chi connectivity index (χ3v) is 3.28. The highest BCUT2D eigenvalue weighted by Crippen LogP contribution is 2.27. The summed E-state index contributed by atoms with van der Waals surface area (Å²) in [6.07, 6.45) is 4.34. The summed E-state index contributed by atoms with van der Waals surface area (Å²) in [6.45, 7) is 1.44. The van der Waals surface area contributed by atoms with E-state index >= 15 is 0 Å². The van der Waals surface area contributed by atoms with Crippen molar-refractivity contribution < 1.29 is 15.0 Å². The Bertz CT molecular complexity index is 790. The van der Waals surface area contributed by atoms with Crippen molar-refractivity contribution in [2.45, 2.75) is 19.6 Å². The largest absolute Gasteiger partial charge is 0.480 e. The number of nitrogens with zero attached hydrogens (tertiary/aromatic N) is 4. The van der Waals surface area contributed by atoms with Crippen molar-refractivity contribution in [3.05, 3.63) is 42.4 Å². The molecule has 0 bridgehead atoms. The molecule has 0 spiro atoms. The van der Waals surface area contributed by atoms with Gasteiger partial charge in [-0.15, -0.1) is 0 Å². The minimum Gasteiger partial charge on any atom is -0.480 e. The van der Waals surface area contributed by atoms with Crippen molar-refractivity contribution in [1.29, 1.82) is 0 Å². The normalized spacial score (nSPS) is 12.7. The molecule has 0 amide bonds. The zero-order valence-corrected chi connectivity index (χ0v) is 11.3. The van der Waals surface area contributed by atoms with E-state index in [1.165, 1.54) is 4.68 Å². The van der Waals surface area contributed by atoms with E-state index in [-0.39, 0.29) is 6.54 Å². The number of aliphatic hydroxyl groups excluding tert-OH is 1. The van der Waals surface area contributed by atoms with Gasteiger partial charge in [0, 0.05) is 23.3 Å². The molecule has 0 aliphatic rings. The van der Waals surface area contributed by atoms with Crippen LogP contribution in [0.5, 0.6) is 0 Å². The first-order valence-electron chi connectivity index (χ1n) is 6.45. The van der Waals surface area contributed by atoms with E-state index < -0.39 is 12.1 Å². The highest BCUT2D eigenvalue weighted by Gasteiger charge is 2.15. The molecule has 1 unspecified atom stereocenters. The molecule has 0 fully saturated rings. The second-order valence-corrected chi connectivity index (χ2v) is 4.79. The standard InChI is InChI=1S/C14H14N4O3/c1-9(19)11-6-12-10(7-16-18(12)8-14(20)21)5-13(11)17-4-2-3-15-17/h2-7,9,19H,8H2,1H3,(H,20,21). The number of aliphatic hydroxyl groups is 1. The minimum absolute atomic E-state index is 0.218. The molecule has 0 aliphatic carbocycles. The third-order valence-electron chi connectivity index (χ3n) is 3.28. The lowest BCUT2D eigenvalue weighted by Crippen LogP contribution is -2.10. The van der Waals surface area contributed by atoms with Gasteiger partial charge in [-0.25, -0.2) is 4.68 Å². The van der Waals surface area contributed by atoms with Gasteiger partial charge in [-0.1, -0.05) is 0 Å². The van der Waals surface area contributed by atoms with Crippen LogP contribution < -0.4 is 0 Å². The van der Waals surface area contributed by atoms with E-state index in [9.17, 15) is 9.90 Å². The molecule has 0 radical (unpaired) electrons. The van der Waals surface area contributed by atoms with Gasteiger partial charge in [-0.05, 0) is 25.1 Å². The SMILES string of the molecule is CC(O)c1cc2c(cnn2CC(=O)O)cc1-n1cccn1. The molecule has 7 heteroatoms. The molecule has 21 heavy (non-hydrogen) atoms. The lowest BCUT2D eigenvalue weighted by molar-refractivity contribution is -0.137. The number of fused-ring (bicyclic) bond motifs is 1. The molecule has 2 aromatic heterocycles. The van der Waals surface area contributed by atoms with Crippen LogP contribution in [0.25, 0.3) is 16.6 Å². The summed E-state index contributed by atoms with van der Waals surface area (Å²) in [6, 6.07) is 5.40. The molecular weight excluding hydrogens is 272 g/mol. The van der Waals surface area contributed by atoms with Crippen LogP contribution in [0.15, 0.2) is 36.8 Å². The number of hydrogen-bond acceptors (Lipinski definition) is 4. The van der Waals surface area contributed by atoms with Gasteiger partial charge in [-0.3, -0.25) is 9.48 Å². The number of rotatable bonds is 4. The molecule has 108 valence electrons. The van der Waals surface area contributed by atoms with Crippen molar-refractivity contribution in [3.8, 4) is 5.69 Å². The fraction of sp³-hybridized carbons (Fsp3) is 0.214. The molecule has 2 N–H and O–H groups in total. The van der Waals surface area contributed by atoms with Crippen LogP contribution in [0.1, 0.15) is 18.6 Å². The average molecular weight is 286 g/mol. The van der Waals surface area contributed by atoms with Gasteiger partial charge in [-0.2, -0.15) is 10.2 Å². The number of aromatic nitrogens is 4. The highest BCUT2D eigenvalue weighted by atomic mass is 16.4. The van der Waals surface area contributed by atoms with E-state index in [1.807, 2.05) is 6.07 Å². The van der Waals surface area contributed by atoms with E-state index in [0.717, 1.165) is 11.1 Å². The van der Waals surface area contributed by atoms with E-state index in [4.69, 9.17) is 5.11 Å². The second kappa shape index (κ2) is 5.02. The van der Waals surface area contributed by atoms with Crippen LogP contribution in [0.3, 0.4) is 0 Å². The monoisotopic (exact) mass is 286 g/mol. The first-order valence-corrected chi connectivity index (χ1v) is 6.45. The Morgan fingerprint density at radius 2 is 2.19 bits per heavy atom. The second-order valence-electron chi connectivity index (χ2n) is 4.79. The maximum Gasteiger partial charge on any atom is 0.325 e. The summed E-state index contributed by atoms with van der Waals surface area (Å²) in [7, 11) is 0. The summed E-state index contributed by atoms with van der Waals surface area (Å²) >= 11 is 0. The van der Waals surface area contributed by atoms with E-state index in [0.29, 0.717) is 11.1 Å². The third kappa shape index (κ3) is 2.38. The van der Waals surface area contributed by atoms with Crippen LogP contribution in [-0.4, -0.2) is 35.7 Å². The summed E-state index contributed by atoms with van der Waals surface area (Å²) in [5.41, 5.74) is 2.08. The Balaban J connectivity index is 2.21. The fourth-order valence-electron chi connectivity index (χ4n) is 2.33. The Hall–Kier alpha value is -2.67. The van der Waals surface area contributed by atoms with Crippen molar-refractivity contribution in [1.82, 2.24) is 19.6 Å². The molecule has 2 heterocycles.